The van der Waals surface area contributed by atoms with E-state index in [2.05, 4.69) is 15.7 Å². The lowest BCUT2D eigenvalue weighted by Crippen LogP contribution is -2.42. The van der Waals surface area contributed by atoms with Crippen molar-refractivity contribution in [2.75, 3.05) is 24.0 Å². The molecule has 0 aromatic carbocycles. The number of pyridine rings is 1. The monoisotopic (exact) mass is 212 g/mol. The molecule has 6 heteroatoms. The van der Waals surface area contributed by atoms with Gasteiger partial charge in [-0.25, -0.2) is 10.8 Å². The van der Waals surface area contributed by atoms with Gasteiger partial charge in [0.05, 0.1) is 18.8 Å². The number of hydrogen-bond donors (Lipinski definition) is 5. The number of anilines is 2. The highest BCUT2D eigenvalue weighted by Gasteiger charge is 2.22. The van der Waals surface area contributed by atoms with Crippen LogP contribution in [-0.4, -0.2) is 33.9 Å². The lowest BCUT2D eigenvalue weighted by molar-refractivity contribution is 0.147. The molecule has 84 valence electrons. The summed E-state index contributed by atoms with van der Waals surface area (Å²) in [7, 11) is 0. The molecule has 0 amide bonds. The van der Waals surface area contributed by atoms with Gasteiger partial charge in [0.2, 0.25) is 0 Å². The van der Waals surface area contributed by atoms with E-state index in [1.807, 2.05) is 0 Å². The third-order valence-electron chi connectivity index (χ3n) is 2.02. The number of nitrogens with two attached hydrogens (primary N) is 1. The van der Waals surface area contributed by atoms with Gasteiger partial charge in [0, 0.05) is 0 Å². The number of nitrogens with one attached hydrogen (secondary N) is 2. The molecule has 1 aromatic rings. The van der Waals surface area contributed by atoms with Gasteiger partial charge in [-0.3, -0.25) is 0 Å². The normalized spacial score (nSPS) is 11.2. The maximum Gasteiger partial charge on any atom is 0.142 e. The first-order valence-electron chi connectivity index (χ1n) is 4.57. The van der Waals surface area contributed by atoms with Gasteiger partial charge in [0.1, 0.15) is 11.6 Å². The van der Waals surface area contributed by atoms with E-state index < -0.39 is 5.54 Å². The van der Waals surface area contributed by atoms with Gasteiger partial charge in [-0.15, -0.1) is 0 Å². The van der Waals surface area contributed by atoms with Crippen LogP contribution < -0.4 is 16.6 Å². The summed E-state index contributed by atoms with van der Waals surface area (Å²) in [4.78, 5) is 4.10. The molecule has 6 N–H and O–H groups in total. The van der Waals surface area contributed by atoms with Crippen LogP contribution >= 0.6 is 0 Å². The van der Waals surface area contributed by atoms with Gasteiger partial charge in [-0.1, -0.05) is 6.07 Å². The number of nitrogens with zero attached hydrogens (tertiary/aromatic N) is 1. The summed E-state index contributed by atoms with van der Waals surface area (Å²) in [5.41, 5.74) is 1.62. The molecule has 0 fully saturated rings. The predicted molar refractivity (Wildman–Crippen MR) is 58.2 cm³/mol. The van der Waals surface area contributed by atoms with Crippen LogP contribution in [0.15, 0.2) is 18.2 Å². The second kappa shape index (κ2) is 4.92. The van der Waals surface area contributed by atoms with Crippen LogP contribution in [0.1, 0.15) is 6.92 Å². The molecule has 0 saturated carbocycles. The van der Waals surface area contributed by atoms with Gasteiger partial charge >= 0.3 is 0 Å². The maximum absolute atomic E-state index is 9.08. The van der Waals surface area contributed by atoms with Crippen molar-refractivity contribution < 1.29 is 10.2 Å². The minimum Gasteiger partial charge on any atom is -0.394 e. The summed E-state index contributed by atoms with van der Waals surface area (Å²) in [5, 5.41) is 21.1. The minimum atomic E-state index is -0.791. The summed E-state index contributed by atoms with van der Waals surface area (Å²) in [6, 6.07) is 5.20. The lowest BCUT2D eigenvalue weighted by atomic mass is 10.1. The Morgan fingerprint density at radius 3 is 2.47 bits per heavy atom. The highest BCUT2D eigenvalue weighted by Crippen LogP contribution is 2.14. The molecule has 0 aliphatic rings. The quantitative estimate of drug-likeness (QED) is 0.334. The number of nitrogen functional groups attached to an aromatic ring is 1. The van der Waals surface area contributed by atoms with Crippen LogP contribution in [-0.2, 0) is 0 Å². The van der Waals surface area contributed by atoms with E-state index >= 15 is 0 Å². The van der Waals surface area contributed by atoms with Crippen LogP contribution in [0.4, 0.5) is 11.6 Å². The third-order valence-corrected chi connectivity index (χ3v) is 2.02. The second-order valence-corrected chi connectivity index (χ2v) is 3.55. The van der Waals surface area contributed by atoms with Crippen molar-refractivity contribution in [3.05, 3.63) is 18.2 Å². The highest BCUT2D eigenvalue weighted by atomic mass is 16.3. The fraction of sp³-hybridized carbons (Fsp3) is 0.444. The smallest absolute Gasteiger partial charge is 0.142 e. The fourth-order valence-corrected chi connectivity index (χ4v) is 1.02. The molecular weight excluding hydrogens is 196 g/mol. The molecule has 0 radical (unpaired) electrons. The number of aliphatic hydroxyl groups is 2. The summed E-state index contributed by atoms with van der Waals surface area (Å²) in [6.07, 6.45) is 0. The first-order valence-corrected chi connectivity index (χ1v) is 4.57. The van der Waals surface area contributed by atoms with Gasteiger partial charge in [-0.05, 0) is 19.1 Å². The molecular formula is C9H16N4O2. The third kappa shape index (κ3) is 3.05. The fourth-order valence-electron chi connectivity index (χ4n) is 1.02. The first kappa shape index (κ1) is 11.7. The van der Waals surface area contributed by atoms with Crippen molar-refractivity contribution in [3.63, 3.8) is 0 Å². The number of aliphatic hydroxyl groups excluding tert-OH is 2. The summed E-state index contributed by atoms with van der Waals surface area (Å²) >= 11 is 0. The Morgan fingerprint density at radius 2 is 1.93 bits per heavy atom. The van der Waals surface area contributed by atoms with Gasteiger partial charge in [-0.2, -0.15) is 0 Å². The van der Waals surface area contributed by atoms with Crippen molar-refractivity contribution >= 4 is 11.6 Å². The molecule has 0 aliphatic heterocycles. The van der Waals surface area contributed by atoms with Crippen molar-refractivity contribution in [2.45, 2.75) is 12.5 Å². The number of rotatable bonds is 5. The van der Waals surface area contributed by atoms with E-state index in [9.17, 15) is 0 Å². The summed E-state index contributed by atoms with van der Waals surface area (Å²) in [5.74, 6) is 6.26. The number of hydrogen-bond acceptors (Lipinski definition) is 6. The van der Waals surface area contributed by atoms with Crippen LogP contribution in [0.25, 0.3) is 0 Å². The Morgan fingerprint density at radius 1 is 1.33 bits per heavy atom. The highest BCUT2D eigenvalue weighted by molar-refractivity contribution is 5.45. The largest absolute Gasteiger partial charge is 0.394 e. The minimum absolute atomic E-state index is 0.189. The molecule has 0 bridgehead atoms. The van der Waals surface area contributed by atoms with E-state index in [-0.39, 0.29) is 13.2 Å². The zero-order chi connectivity index (χ0) is 11.3. The van der Waals surface area contributed by atoms with E-state index in [1.54, 1.807) is 25.1 Å². The Kier molecular flexibility index (Phi) is 3.84. The van der Waals surface area contributed by atoms with Crippen molar-refractivity contribution in [1.29, 1.82) is 0 Å². The van der Waals surface area contributed by atoms with E-state index in [1.165, 1.54) is 0 Å². The van der Waals surface area contributed by atoms with Crippen LogP contribution in [0, 0.1) is 0 Å². The van der Waals surface area contributed by atoms with E-state index in [4.69, 9.17) is 16.1 Å². The van der Waals surface area contributed by atoms with Crippen LogP contribution in [0.2, 0.25) is 0 Å². The Bertz CT molecular complexity index is 315. The van der Waals surface area contributed by atoms with Gasteiger partial charge in [0.25, 0.3) is 0 Å². The molecule has 15 heavy (non-hydrogen) atoms. The standard InChI is InChI=1S/C9H16N4O2/c1-9(5-14,6-15)12-7-3-2-4-8(11-7)13-10/h2-4,14-15H,5-6,10H2,1H3,(H2,11,12,13). The molecule has 6 nitrogen and oxygen atoms in total. The molecule has 0 atom stereocenters. The summed E-state index contributed by atoms with van der Waals surface area (Å²) < 4.78 is 0. The van der Waals surface area contributed by atoms with Crippen molar-refractivity contribution in [3.8, 4) is 0 Å². The topological polar surface area (TPSA) is 103 Å². The number of hydrazine groups is 1. The van der Waals surface area contributed by atoms with E-state index in [0.717, 1.165) is 0 Å². The molecule has 1 rings (SSSR count). The molecule has 0 spiro atoms. The van der Waals surface area contributed by atoms with Crippen molar-refractivity contribution in [2.24, 2.45) is 5.84 Å². The molecule has 0 aliphatic carbocycles. The predicted octanol–water partition coefficient (Wildman–Crippen LogP) is -0.478. The Labute approximate surface area is 88.1 Å². The molecule has 0 saturated heterocycles. The SMILES string of the molecule is CC(CO)(CO)Nc1cccc(NN)n1. The molecule has 1 aromatic heterocycles. The average Bonchev–Trinajstić information content (AvgIpc) is 2.29. The van der Waals surface area contributed by atoms with Gasteiger partial charge in [0.15, 0.2) is 0 Å². The zero-order valence-corrected chi connectivity index (χ0v) is 8.57. The second-order valence-electron chi connectivity index (χ2n) is 3.55. The molecule has 0 unspecified atom stereocenters. The average molecular weight is 212 g/mol. The lowest BCUT2D eigenvalue weighted by Gasteiger charge is -2.26. The number of aromatic nitrogens is 1. The van der Waals surface area contributed by atoms with E-state index in [0.29, 0.717) is 11.6 Å². The Balaban J connectivity index is 2.79. The maximum atomic E-state index is 9.08. The van der Waals surface area contributed by atoms with Crippen molar-refractivity contribution in [1.82, 2.24) is 4.98 Å². The molecule has 1 heterocycles. The first-order chi connectivity index (χ1) is 7.13. The Hall–Kier alpha value is -1.37. The van der Waals surface area contributed by atoms with Crippen LogP contribution in [0.5, 0.6) is 0 Å². The van der Waals surface area contributed by atoms with Gasteiger partial charge < -0.3 is 21.0 Å². The van der Waals surface area contributed by atoms with Crippen LogP contribution in [0.3, 0.4) is 0 Å². The zero-order valence-electron chi connectivity index (χ0n) is 8.57. The summed E-state index contributed by atoms with van der Waals surface area (Å²) in [6.45, 7) is 1.31.